The highest BCUT2D eigenvalue weighted by molar-refractivity contribution is 7.89. The maximum Gasteiger partial charge on any atom is 0.336 e. The zero-order chi connectivity index (χ0) is 15.3. The zero-order valence-corrected chi connectivity index (χ0v) is 11.8. The highest BCUT2D eigenvalue weighted by Gasteiger charge is 2.20. The fourth-order valence-corrected chi connectivity index (χ4v) is 2.46. The van der Waals surface area contributed by atoms with Crippen molar-refractivity contribution in [3.63, 3.8) is 0 Å². The average molecular weight is 301 g/mol. The molecule has 1 atom stereocenters. The van der Waals surface area contributed by atoms with Crippen molar-refractivity contribution in [1.82, 2.24) is 4.72 Å². The summed E-state index contributed by atoms with van der Waals surface area (Å²) < 4.78 is 30.2. The Kier molecular flexibility index (Phi) is 5.37. The molecule has 20 heavy (non-hydrogen) atoms. The number of rotatable bonds is 6. The minimum Gasteiger partial charge on any atom is -0.467 e. The second-order valence-electron chi connectivity index (χ2n) is 3.97. The molecule has 0 radical (unpaired) electrons. The van der Waals surface area contributed by atoms with Crippen molar-refractivity contribution >= 4 is 21.8 Å². The lowest BCUT2D eigenvalue weighted by atomic mass is 10.2. The van der Waals surface area contributed by atoms with Crippen LogP contribution in [0.4, 0.5) is 0 Å². The van der Waals surface area contributed by atoms with Crippen LogP contribution in [0.2, 0.25) is 0 Å². The van der Waals surface area contributed by atoms with Crippen molar-refractivity contribution < 1.29 is 27.9 Å². The number of sulfonamides is 1. The van der Waals surface area contributed by atoms with Gasteiger partial charge in [-0.15, -0.1) is 0 Å². The molecule has 0 aliphatic heterocycles. The summed E-state index contributed by atoms with van der Waals surface area (Å²) in [4.78, 5) is 22.0. The molecule has 0 fully saturated rings. The van der Waals surface area contributed by atoms with E-state index in [0.717, 1.165) is 7.11 Å². The summed E-state index contributed by atoms with van der Waals surface area (Å²) in [6, 6.07) is 5.45. The standard InChI is InChI=1S/C12H15NO6S/c1-8(14)9-4-3-5-10(6-9)20(17,18)13-7-11(15)12(16)19-2/h3-6,11,13,15H,7H2,1-2H3. The monoisotopic (exact) mass is 301 g/mol. The number of aliphatic hydroxyl groups is 1. The summed E-state index contributed by atoms with van der Waals surface area (Å²) in [6.45, 7) is 0.805. The van der Waals surface area contributed by atoms with Crippen LogP contribution in [0.1, 0.15) is 17.3 Å². The van der Waals surface area contributed by atoms with Gasteiger partial charge in [-0.05, 0) is 19.1 Å². The third-order valence-electron chi connectivity index (χ3n) is 2.49. The van der Waals surface area contributed by atoms with E-state index in [4.69, 9.17) is 0 Å². The summed E-state index contributed by atoms with van der Waals surface area (Å²) >= 11 is 0. The molecule has 0 saturated heterocycles. The maximum atomic E-state index is 11.9. The number of nitrogens with one attached hydrogen (secondary N) is 1. The first-order chi connectivity index (χ1) is 9.27. The summed E-state index contributed by atoms with van der Waals surface area (Å²) in [5.41, 5.74) is 0.251. The minimum absolute atomic E-state index is 0.123. The van der Waals surface area contributed by atoms with E-state index in [2.05, 4.69) is 9.46 Å². The largest absolute Gasteiger partial charge is 0.467 e. The third-order valence-corrected chi connectivity index (χ3v) is 3.91. The van der Waals surface area contributed by atoms with Crippen molar-refractivity contribution in [2.24, 2.45) is 0 Å². The van der Waals surface area contributed by atoms with Gasteiger partial charge in [0.15, 0.2) is 11.9 Å². The Balaban J connectivity index is 2.86. The second kappa shape index (κ2) is 6.60. The predicted octanol–water partition coefficient (Wildman–Crippen LogP) is -0.299. The van der Waals surface area contributed by atoms with Gasteiger partial charge in [0.05, 0.1) is 12.0 Å². The molecule has 1 aromatic rings. The Morgan fingerprint density at radius 2 is 2.05 bits per heavy atom. The van der Waals surface area contributed by atoms with Gasteiger partial charge in [-0.2, -0.15) is 0 Å². The van der Waals surface area contributed by atoms with Crippen molar-refractivity contribution in [3.8, 4) is 0 Å². The molecule has 0 heterocycles. The van der Waals surface area contributed by atoms with Gasteiger partial charge in [-0.25, -0.2) is 17.9 Å². The van der Waals surface area contributed by atoms with Crippen molar-refractivity contribution in [3.05, 3.63) is 29.8 Å². The van der Waals surface area contributed by atoms with Gasteiger partial charge in [-0.3, -0.25) is 4.79 Å². The summed E-state index contributed by atoms with van der Waals surface area (Å²) in [5.74, 6) is -1.21. The molecule has 7 nitrogen and oxygen atoms in total. The topological polar surface area (TPSA) is 110 Å². The van der Waals surface area contributed by atoms with Gasteiger partial charge >= 0.3 is 5.97 Å². The molecular formula is C12H15NO6S. The number of Topliss-reactive ketones (excluding diaryl/α,β-unsaturated/α-hetero) is 1. The number of hydrogen-bond acceptors (Lipinski definition) is 6. The van der Waals surface area contributed by atoms with Crippen molar-refractivity contribution in [1.29, 1.82) is 0 Å². The van der Waals surface area contributed by atoms with E-state index < -0.39 is 28.6 Å². The molecule has 0 aliphatic carbocycles. The van der Waals surface area contributed by atoms with Crippen LogP contribution in [0.15, 0.2) is 29.2 Å². The first kappa shape index (κ1) is 16.3. The van der Waals surface area contributed by atoms with Crippen LogP contribution in [-0.2, 0) is 19.6 Å². The Morgan fingerprint density at radius 3 is 2.60 bits per heavy atom. The SMILES string of the molecule is COC(=O)C(O)CNS(=O)(=O)c1cccc(C(C)=O)c1. The Labute approximate surface area is 116 Å². The predicted molar refractivity (Wildman–Crippen MR) is 69.7 cm³/mol. The van der Waals surface area contributed by atoms with Crippen LogP contribution in [-0.4, -0.2) is 45.0 Å². The molecule has 8 heteroatoms. The minimum atomic E-state index is -3.92. The van der Waals surface area contributed by atoms with Gasteiger partial charge in [0, 0.05) is 12.1 Å². The number of carbonyl (C=O) groups is 2. The first-order valence-electron chi connectivity index (χ1n) is 5.64. The lowest BCUT2D eigenvalue weighted by Crippen LogP contribution is -2.37. The number of methoxy groups -OCH3 is 1. The van der Waals surface area contributed by atoms with Crippen LogP contribution in [0.3, 0.4) is 0 Å². The summed E-state index contributed by atoms with van der Waals surface area (Å²) in [5, 5.41) is 9.32. The lowest BCUT2D eigenvalue weighted by Gasteiger charge is -2.10. The smallest absolute Gasteiger partial charge is 0.336 e. The molecule has 0 bridgehead atoms. The van der Waals surface area contributed by atoms with Crippen LogP contribution >= 0.6 is 0 Å². The highest BCUT2D eigenvalue weighted by Crippen LogP contribution is 2.12. The van der Waals surface area contributed by atoms with E-state index in [1.165, 1.54) is 31.2 Å². The average Bonchev–Trinajstić information content (AvgIpc) is 2.44. The van der Waals surface area contributed by atoms with E-state index in [1.807, 2.05) is 0 Å². The summed E-state index contributed by atoms with van der Waals surface area (Å²) in [6.07, 6.45) is -1.59. The van der Waals surface area contributed by atoms with E-state index in [1.54, 1.807) is 0 Å². The normalized spacial score (nSPS) is 12.8. The third kappa shape index (κ3) is 4.12. The number of benzene rings is 1. The Hall–Kier alpha value is -1.77. The van der Waals surface area contributed by atoms with Crippen LogP contribution in [0.5, 0.6) is 0 Å². The zero-order valence-electron chi connectivity index (χ0n) is 11.0. The van der Waals surface area contributed by atoms with Crippen molar-refractivity contribution in [2.45, 2.75) is 17.9 Å². The molecule has 0 amide bonds. The van der Waals surface area contributed by atoms with Gasteiger partial charge in [-0.1, -0.05) is 12.1 Å². The fraction of sp³-hybridized carbons (Fsp3) is 0.333. The lowest BCUT2D eigenvalue weighted by molar-refractivity contribution is -0.149. The van der Waals surface area contributed by atoms with Gasteiger partial charge in [0.25, 0.3) is 0 Å². The quantitative estimate of drug-likeness (QED) is 0.551. The molecule has 110 valence electrons. The molecular weight excluding hydrogens is 286 g/mol. The van der Waals surface area contributed by atoms with E-state index >= 15 is 0 Å². The van der Waals surface area contributed by atoms with E-state index in [-0.39, 0.29) is 16.2 Å². The van der Waals surface area contributed by atoms with Gasteiger partial charge in [0.2, 0.25) is 10.0 Å². The second-order valence-corrected chi connectivity index (χ2v) is 5.74. The van der Waals surface area contributed by atoms with E-state index in [0.29, 0.717) is 0 Å². The molecule has 1 rings (SSSR count). The Morgan fingerprint density at radius 1 is 1.40 bits per heavy atom. The maximum absolute atomic E-state index is 11.9. The molecule has 0 aromatic heterocycles. The van der Waals surface area contributed by atoms with Crippen LogP contribution in [0, 0.1) is 0 Å². The van der Waals surface area contributed by atoms with Crippen molar-refractivity contribution in [2.75, 3.05) is 13.7 Å². The molecule has 1 aromatic carbocycles. The molecule has 2 N–H and O–H groups in total. The molecule has 1 unspecified atom stereocenters. The molecule has 0 aliphatic rings. The molecule has 0 saturated carbocycles. The number of esters is 1. The van der Waals surface area contributed by atoms with Crippen LogP contribution < -0.4 is 4.72 Å². The number of aliphatic hydroxyl groups excluding tert-OH is 1. The van der Waals surface area contributed by atoms with Gasteiger partial charge in [0.1, 0.15) is 0 Å². The Bertz CT molecular complexity index is 610. The van der Waals surface area contributed by atoms with Crippen LogP contribution in [0.25, 0.3) is 0 Å². The number of ether oxygens (including phenoxy) is 1. The fourth-order valence-electron chi connectivity index (χ4n) is 1.37. The highest BCUT2D eigenvalue weighted by atomic mass is 32.2. The number of ketones is 1. The number of hydrogen-bond donors (Lipinski definition) is 2. The van der Waals surface area contributed by atoms with Gasteiger partial charge < -0.3 is 9.84 Å². The number of carbonyl (C=O) groups excluding carboxylic acids is 2. The first-order valence-corrected chi connectivity index (χ1v) is 7.13. The van der Waals surface area contributed by atoms with E-state index in [9.17, 15) is 23.1 Å². The molecule has 0 spiro atoms. The summed E-state index contributed by atoms with van der Waals surface area (Å²) in [7, 11) is -2.84.